The van der Waals surface area contributed by atoms with Gasteiger partial charge < -0.3 is 16.0 Å². The summed E-state index contributed by atoms with van der Waals surface area (Å²) in [6.45, 7) is 11.6. The average Bonchev–Trinajstić information content (AvgIpc) is 3.39. The summed E-state index contributed by atoms with van der Waals surface area (Å²) in [5, 5.41) is 11.2. The zero-order valence-corrected chi connectivity index (χ0v) is 16.7. The molecular formula is C20H29N7. The van der Waals surface area contributed by atoms with Crippen LogP contribution in [0.3, 0.4) is 0 Å². The van der Waals surface area contributed by atoms with E-state index >= 15 is 0 Å². The number of imidazole rings is 1. The third-order valence-corrected chi connectivity index (χ3v) is 3.86. The predicted octanol–water partition coefficient (Wildman–Crippen LogP) is 4.25. The first kappa shape index (κ1) is 20.4. The van der Waals surface area contributed by atoms with Crippen LogP contribution in [-0.2, 0) is 6.54 Å². The first-order chi connectivity index (χ1) is 13.3. The second-order valence-electron chi connectivity index (χ2n) is 5.39. The van der Waals surface area contributed by atoms with Crippen molar-refractivity contribution in [1.82, 2.24) is 30.5 Å². The Labute approximate surface area is 159 Å². The van der Waals surface area contributed by atoms with Gasteiger partial charge in [0.1, 0.15) is 22.7 Å². The number of fused-ring (bicyclic) bond motifs is 3. The number of anilines is 1. The normalized spacial score (nSPS) is 10.3. The maximum atomic E-state index is 6.11. The van der Waals surface area contributed by atoms with Gasteiger partial charge in [0, 0.05) is 17.1 Å². The van der Waals surface area contributed by atoms with Gasteiger partial charge in [0.25, 0.3) is 0 Å². The maximum Gasteiger partial charge on any atom is 0.150 e. The number of nitrogens with zero attached hydrogens (tertiary/aromatic N) is 3. The van der Waals surface area contributed by atoms with Gasteiger partial charge in [-0.3, -0.25) is 5.10 Å². The number of hydrogen-bond donors (Lipinski definition) is 4. The van der Waals surface area contributed by atoms with Crippen molar-refractivity contribution in [1.29, 1.82) is 0 Å². The summed E-state index contributed by atoms with van der Waals surface area (Å²) in [5.41, 5.74) is 10.5. The molecule has 144 valence electrons. The zero-order valence-electron chi connectivity index (χ0n) is 16.7. The van der Waals surface area contributed by atoms with E-state index in [4.69, 9.17) is 5.73 Å². The zero-order chi connectivity index (χ0) is 19.8. The van der Waals surface area contributed by atoms with Gasteiger partial charge in [-0.2, -0.15) is 5.10 Å². The van der Waals surface area contributed by atoms with Gasteiger partial charge in [-0.15, -0.1) is 0 Å². The van der Waals surface area contributed by atoms with Gasteiger partial charge in [0.15, 0.2) is 0 Å². The quantitative estimate of drug-likeness (QED) is 0.431. The van der Waals surface area contributed by atoms with Crippen molar-refractivity contribution < 1.29 is 0 Å². The molecule has 3 aromatic heterocycles. The van der Waals surface area contributed by atoms with Crippen LogP contribution in [0.5, 0.6) is 0 Å². The van der Waals surface area contributed by atoms with E-state index in [0.717, 1.165) is 45.6 Å². The van der Waals surface area contributed by atoms with E-state index in [0.29, 0.717) is 12.4 Å². The fourth-order valence-corrected chi connectivity index (χ4v) is 2.72. The van der Waals surface area contributed by atoms with Gasteiger partial charge in [-0.1, -0.05) is 40.7 Å². The predicted molar refractivity (Wildman–Crippen MR) is 113 cm³/mol. The lowest BCUT2D eigenvalue weighted by Crippen LogP contribution is -2.12. The highest BCUT2D eigenvalue weighted by atomic mass is 15.1. The molecule has 3 heterocycles. The van der Waals surface area contributed by atoms with E-state index in [1.807, 2.05) is 52.0 Å². The summed E-state index contributed by atoms with van der Waals surface area (Å²) in [7, 11) is 0. The van der Waals surface area contributed by atoms with E-state index in [-0.39, 0.29) is 0 Å². The van der Waals surface area contributed by atoms with Crippen LogP contribution in [-0.4, -0.2) is 31.7 Å². The molecule has 0 atom stereocenters. The minimum absolute atomic E-state index is 0.463. The summed E-state index contributed by atoms with van der Waals surface area (Å²) < 4.78 is 0. The molecule has 27 heavy (non-hydrogen) atoms. The Hall–Kier alpha value is -2.93. The number of benzene rings is 1. The van der Waals surface area contributed by atoms with Crippen LogP contribution in [0.4, 0.5) is 5.82 Å². The van der Waals surface area contributed by atoms with Gasteiger partial charge in [0.05, 0.1) is 17.8 Å². The Balaban J connectivity index is 0.000000614. The highest BCUT2D eigenvalue weighted by Crippen LogP contribution is 2.29. The molecule has 0 saturated heterocycles. The van der Waals surface area contributed by atoms with E-state index in [1.54, 1.807) is 6.20 Å². The molecule has 1 aromatic carbocycles. The van der Waals surface area contributed by atoms with E-state index < -0.39 is 0 Å². The molecular weight excluding hydrogens is 338 g/mol. The number of aromatic amines is 2. The van der Waals surface area contributed by atoms with Crippen LogP contribution < -0.4 is 11.1 Å². The third kappa shape index (κ3) is 4.25. The topological polar surface area (TPSA) is 108 Å². The molecule has 0 fully saturated rings. The standard InChI is InChI=1S/C16H17N7.2C2H6/c1-2-18-8-13-21-14-10-4-3-9(11-5-6-19-23-11)7-12(10)20-16(17)15(14)22-13;2*1-2/h3-7,18H,2,8H2,1H3,(H2,17,20)(H,19,23)(H,21,22);2*1-2H3. The lowest BCUT2D eigenvalue weighted by molar-refractivity contribution is 0.700. The molecule has 7 nitrogen and oxygen atoms in total. The Bertz CT molecular complexity index is 971. The van der Waals surface area contributed by atoms with Gasteiger partial charge in [0.2, 0.25) is 0 Å². The highest BCUT2D eigenvalue weighted by Gasteiger charge is 2.12. The number of nitrogens with two attached hydrogens (primary N) is 1. The fraction of sp³-hybridized carbons (Fsp3) is 0.350. The van der Waals surface area contributed by atoms with Crippen LogP contribution in [0.2, 0.25) is 0 Å². The minimum Gasteiger partial charge on any atom is -0.382 e. The molecule has 0 saturated carbocycles. The van der Waals surface area contributed by atoms with E-state index in [1.165, 1.54) is 0 Å². The second-order valence-corrected chi connectivity index (χ2v) is 5.39. The summed E-state index contributed by atoms with van der Waals surface area (Å²) in [5.74, 6) is 1.32. The third-order valence-electron chi connectivity index (χ3n) is 3.86. The Morgan fingerprint density at radius 3 is 2.52 bits per heavy atom. The van der Waals surface area contributed by atoms with E-state index in [2.05, 4.69) is 37.4 Å². The van der Waals surface area contributed by atoms with Crippen molar-refractivity contribution in [3.05, 3.63) is 36.3 Å². The number of H-pyrrole nitrogens is 2. The summed E-state index contributed by atoms with van der Waals surface area (Å²) in [4.78, 5) is 12.4. The largest absolute Gasteiger partial charge is 0.382 e. The molecule has 0 aliphatic heterocycles. The SMILES string of the molecule is CC.CC.CCNCc1nc2c([nH]1)c(N)nc1cc(-c3ccn[nH]3)ccc12. The van der Waals surface area contributed by atoms with Gasteiger partial charge >= 0.3 is 0 Å². The Morgan fingerprint density at radius 2 is 1.85 bits per heavy atom. The average molecular weight is 368 g/mol. The van der Waals surface area contributed by atoms with Crippen molar-refractivity contribution in [3.63, 3.8) is 0 Å². The van der Waals surface area contributed by atoms with Crippen LogP contribution >= 0.6 is 0 Å². The number of nitrogens with one attached hydrogen (secondary N) is 3. The molecule has 4 rings (SSSR count). The minimum atomic E-state index is 0.463. The van der Waals surface area contributed by atoms with Crippen molar-refractivity contribution in [3.8, 4) is 11.3 Å². The van der Waals surface area contributed by atoms with Gasteiger partial charge in [-0.25, -0.2) is 9.97 Å². The van der Waals surface area contributed by atoms with Crippen molar-refractivity contribution in [2.24, 2.45) is 0 Å². The molecule has 4 aromatic rings. The smallest absolute Gasteiger partial charge is 0.150 e. The molecule has 0 bridgehead atoms. The lowest BCUT2D eigenvalue weighted by Gasteiger charge is -2.03. The van der Waals surface area contributed by atoms with Crippen LogP contribution in [0, 0.1) is 0 Å². The number of rotatable bonds is 4. The number of aromatic nitrogens is 5. The van der Waals surface area contributed by atoms with Crippen molar-refractivity contribution >= 4 is 27.8 Å². The van der Waals surface area contributed by atoms with Gasteiger partial charge in [-0.05, 0) is 24.7 Å². The monoisotopic (exact) mass is 367 g/mol. The van der Waals surface area contributed by atoms with Crippen molar-refractivity contribution in [2.75, 3.05) is 12.3 Å². The van der Waals surface area contributed by atoms with Crippen LogP contribution in [0.1, 0.15) is 40.4 Å². The molecule has 0 aliphatic rings. The first-order valence-corrected chi connectivity index (χ1v) is 9.54. The fourth-order valence-electron chi connectivity index (χ4n) is 2.72. The molecule has 0 radical (unpaired) electrons. The molecule has 0 aliphatic carbocycles. The molecule has 7 heteroatoms. The molecule has 0 amide bonds. The van der Waals surface area contributed by atoms with Crippen molar-refractivity contribution in [2.45, 2.75) is 41.2 Å². The highest BCUT2D eigenvalue weighted by molar-refractivity contribution is 6.06. The number of nitrogen functional groups attached to an aromatic ring is 1. The molecule has 0 spiro atoms. The first-order valence-electron chi connectivity index (χ1n) is 9.54. The summed E-state index contributed by atoms with van der Waals surface area (Å²) in [6.07, 6.45) is 1.73. The van der Waals surface area contributed by atoms with Crippen LogP contribution in [0.25, 0.3) is 33.2 Å². The number of hydrogen-bond acceptors (Lipinski definition) is 5. The second kappa shape index (κ2) is 9.68. The summed E-state index contributed by atoms with van der Waals surface area (Å²) >= 11 is 0. The lowest BCUT2D eigenvalue weighted by atomic mass is 10.1. The van der Waals surface area contributed by atoms with E-state index in [9.17, 15) is 0 Å². The maximum absolute atomic E-state index is 6.11. The Kier molecular flexibility index (Phi) is 7.31. The molecule has 5 N–H and O–H groups in total. The molecule has 0 unspecified atom stereocenters. The van der Waals surface area contributed by atoms with Crippen LogP contribution in [0.15, 0.2) is 30.5 Å². The summed E-state index contributed by atoms with van der Waals surface area (Å²) in [6, 6.07) is 7.98. The number of pyridine rings is 1. The Morgan fingerprint density at radius 1 is 1.07 bits per heavy atom.